The van der Waals surface area contributed by atoms with E-state index in [-0.39, 0.29) is 0 Å². The number of aryl methyl sites for hydroxylation is 1. The third kappa shape index (κ3) is 1.51. The van der Waals surface area contributed by atoms with Gasteiger partial charge in [0.25, 0.3) is 0 Å². The molecule has 3 heteroatoms. The molecule has 4 aromatic heterocycles. The molecule has 5 aromatic rings. The van der Waals surface area contributed by atoms with E-state index in [0.29, 0.717) is 0 Å². The van der Waals surface area contributed by atoms with Gasteiger partial charge in [0.15, 0.2) is 0 Å². The summed E-state index contributed by atoms with van der Waals surface area (Å²) in [5, 5.41) is 5.12. The second-order valence-electron chi connectivity index (χ2n) is 5.33. The Balaban J connectivity index is 0.000000602. The second kappa shape index (κ2) is 4.67. The molecule has 108 valence electrons. The van der Waals surface area contributed by atoms with E-state index in [0.717, 1.165) is 11.0 Å². The van der Waals surface area contributed by atoms with Crippen molar-refractivity contribution in [3.8, 4) is 0 Å². The molecule has 0 radical (unpaired) electrons. The van der Waals surface area contributed by atoms with Gasteiger partial charge in [-0.2, -0.15) is 0 Å². The van der Waals surface area contributed by atoms with Crippen molar-refractivity contribution in [2.24, 2.45) is 0 Å². The lowest BCUT2D eigenvalue weighted by molar-refractivity contribution is 1.27. The van der Waals surface area contributed by atoms with E-state index in [1.54, 1.807) is 0 Å². The lowest BCUT2D eigenvalue weighted by Gasteiger charge is -1.97. The van der Waals surface area contributed by atoms with Gasteiger partial charge in [-0.05, 0) is 36.8 Å². The third-order valence-electron chi connectivity index (χ3n) is 4.14. The summed E-state index contributed by atoms with van der Waals surface area (Å²) in [5.74, 6) is 0. The highest BCUT2D eigenvalue weighted by molar-refractivity contribution is 6.23. The summed E-state index contributed by atoms with van der Waals surface area (Å²) in [6.45, 7) is 6.15. The molecule has 0 fully saturated rings. The first-order valence-corrected chi connectivity index (χ1v) is 7.68. The maximum atomic E-state index is 4.29. The summed E-state index contributed by atoms with van der Waals surface area (Å²) in [7, 11) is 0. The Hall–Kier alpha value is -2.68. The van der Waals surface area contributed by atoms with Gasteiger partial charge in [-0.1, -0.05) is 13.8 Å². The minimum Gasteiger partial charge on any atom is -0.305 e. The Morgan fingerprint density at radius 2 is 1.27 bits per heavy atom. The fraction of sp³-hybridized carbons (Fsp3) is 0.158. The first kappa shape index (κ1) is 13.0. The Labute approximate surface area is 128 Å². The smallest absolute Gasteiger partial charge is 0.0725 e. The van der Waals surface area contributed by atoms with Crippen molar-refractivity contribution in [2.45, 2.75) is 20.8 Å². The molecule has 4 heterocycles. The van der Waals surface area contributed by atoms with Crippen molar-refractivity contribution in [1.29, 1.82) is 0 Å². The molecule has 0 spiro atoms. The normalized spacial score (nSPS) is 11.4. The predicted molar refractivity (Wildman–Crippen MR) is 92.8 cm³/mol. The first-order valence-electron chi connectivity index (χ1n) is 7.68. The maximum Gasteiger partial charge on any atom is 0.0725 e. The van der Waals surface area contributed by atoms with E-state index in [1.807, 2.05) is 38.6 Å². The van der Waals surface area contributed by atoms with Crippen LogP contribution in [-0.4, -0.2) is 14.4 Å². The Kier molecular flexibility index (Phi) is 2.76. The molecule has 1 aromatic carbocycles. The summed E-state index contributed by atoms with van der Waals surface area (Å²) in [4.78, 5) is 8.59. The Morgan fingerprint density at radius 1 is 0.773 bits per heavy atom. The number of hydrogen-bond donors (Lipinski definition) is 0. The fourth-order valence-electron chi connectivity index (χ4n) is 3.39. The van der Waals surface area contributed by atoms with Crippen molar-refractivity contribution in [3.05, 3.63) is 54.6 Å². The number of aromatic nitrogens is 3. The molecule has 0 bridgehead atoms. The monoisotopic (exact) mass is 287 g/mol. The molecule has 0 amide bonds. The van der Waals surface area contributed by atoms with E-state index in [1.165, 1.54) is 32.6 Å². The van der Waals surface area contributed by atoms with E-state index in [9.17, 15) is 0 Å². The van der Waals surface area contributed by atoms with Crippen LogP contribution in [0.3, 0.4) is 0 Å². The van der Waals surface area contributed by atoms with Crippen LogP contribution in [0.4, 0.5) is 0 Å². The van der Waals surface area contributed by atoms with E-state index in [2.05, 4.69) is 45.6 Å². The summed E-state index contributed by atoms with van der Waals surface area (Å²) in [6.07, 6.45) is 7.60. The van der Waals surface area contributed by atoms with Crippen LogP contribution in [0.25, 0.3) is 38.1 Å². The standard InChI is InChI=1S/C17H11N3.C2H6/c1-10-6-13-11-2-4-18-8-15(11)20-16-9-19-5-3-12(16)14(7-10)17(13)20;1-2/h2-9H,1H3;1-2H3. The number of fused-ring (bicyclic) bond motifs is 6. The van der Waals surface area contributed by atoms with Crippen LogP contribution < -0.4 is 0 Å². The van der Waals surface area contributed by atoms with Gasteiger partial charge < -0.3 is 4.40 Å². The number of nitrogens with zero attached hydrogens (tertiary/aromatic N) is 3. The molecule has 0 aliphatic heterocycles. The number of benzene rings is 1. The average molecular weight is 287 g/mol. The van der Waals surface area contributed by atoms with E-state index >= 15 is 0 Å². The van der Waals surface area contributed by atoms with Crippen LogP contribution in [0.1, 0.15) is 19.4 Å². The Morgan fingerprint density at radius 3 is 1.77 bits per heavy atom. The van der Waals surface area contributed by atoms with Crippen LogP contribution in [0.15, 0.2) is 49.1 Å². The zero-order valence-electron chi connectivity index (χ0n) is 13.0. The molecule has 0 aliphatic rings. The van der Waals surface area contributed by atoms with Gasteiger partial charge in [0.2, 0.25) is 0 Å². The lowest BCUT2D eigenvalue weighted by atomic mass is 10.1. The summed E-state index contributed by atoms with van der Waals surface area (Å²) in [6, 6.07) is 8.71. The molecule has 0 aliphatic carbocycles. The van der Waals surface area contributed by atoms with Crippen molar-refractivity contribution >= 4 is 38.1 Å². The van der Waals surface area contributed by atoms with E-state index in [4.69, 9.17) is 0 Å². The minimum absolute atomic E-state index is 1.15. The molecule has 0 unspecified atom stereocenters. The lowest BCUT2D eigenvalue weighted by Crippen LogP contribution is -1.81. The van der Waals surface area contributed by atoms with Gasteiger partial charge in [-0.25, -0.2) is 0 Å². The molecular weight excluding hydrogens is 270 g/mol. The molecule has 0 saturated heterocycles. The molecule has 0 N–H and O–H groups in total. The highest BCUT2D eigenvalue weighted by Crippen LogP contribution is 2.38. The fourth-order valence-corrected chi connectivity index (χ4v) is 3.39. The molecule has 0 atom stereocenters. The summed E-state index contributed by atoms with van der Waals surface area (Å²) >= 11 is 0. The largest absolute Gasteiger partial charge is 0.305 e. The summed E-state index contributed by atoms with van der Waals surface area (Å²) < 4.78 is 2.29. The van der Waals surface area contributed by atoms with Crippen LogP contribution in [0.5, 0.6) is 0 Å². The third-order valence-corrected chi connectivity index (χ3v) is 4.14. The first-order chi connectivity index (χ1) is 10.8. The topological polar surface area (TPSA) is 30.2 Å². The van der Waals surface area contributed by atoms with Crippen LogP contribution in [-0.2, 0) is 0 Å². The van der Waals surface area contributed by atoms with Crippen molar-refractivity contribution in [1.82, 2.24) is 14.4 Å². The maximum absolute atomic E-state index is 4.29. The van der Waals surface area contributed by atoms with Crippen LogP contribution >= 0.6 is 0 Å². The van der Waals surface area contributed by atoms with Gasteiger partial charge in [0.05, 0.1) is 28.9 Å². The zero-order valence-corrected chi connectivity index (χ0v) is 13.0. The summed E-state index contributed by atoms with van der Waals surface area (Å²) in [5.41, 5.74) is 4.87. The molecule has 3 nitrogen and oxygen atoms in total. The van der Waals surface area contributed by atoms with Gasteiger partial charge in [0.1, 0.15) is 0 Å². The highest BCUT2D eigenvalue weighted by atomic mass is 14.9. The van der Waals surface area contributed by atoms with Gasteiger partial charge in [-0.3, -0.25) is 9.97 Å². The molecular formula is C19H17N3. The SMILES string of the molecule is CC.Cc1cc2c3ccncc3n3c4cnccc4c(c1)c23. The quantitative estimate of drug-likeness (QED) is 0.403. The molecule has 22 heavy (non-hydrogen) atoms. The minimum atomic E-state index is 1.15. The van der Waals surface area contributed by atoms with Gasteiger partial charge in [0, 0.05) is 33.9 Å². The number of rotatable bonds is 0. The van der Waals surface area contributed by atoms with E-state index < -0.39 is 0 Å². The average Bonchev–Trinajstić information content (AvgIpc) is 3.07. The van der Waals surface area contributed by atoms with Gasteiger partial charge in [-0.15, -0.1) is 0 Å². The van der Waals surface area contributed by atoms with Crippen molar-refractivity contribution in [2.75, 3.05) is 0 Å². The van der Waals surface area contributed by atoms with Gasteiger partial charge >= 0.3 is 0 Å². The Bertz CT molecular complexity index is 1020. The van der Waals surface area contributed by atoms with Crippen molar-refractivity contribution < 1.29 is 0 Å². The number of pyridine rings is 2. The van der Waals surface area contributed by atoms with Crippen LogP contribution in [0, 0.1) is 6.92 Å². The highest BCUT2D eigenvalue weighted by Gasteiger charge is 2.17. The number of hydrogen-bond acceptors (Lipinski definition) is 2. The predicted octanol–water partition coefficient (Wildman–Crippen LogP) is 4.96. The van der Waals surface area contributed by atoms with Crippen LogP contribution in [0.2, 0.25) is 0 Å². The molecule has 5 rings (SSSR count). The zero-order chi connectivity index (χ0) is 15.3. The second-order valence-corrected chi connectivity index (χ2v) is 5.33. The molecule has 0 saturated carbocycles. The van der Waals surface area contributed by atoms with Crippen molar-refractivity contribution in [3.63, 3.8) is 0 Å².